The van der Waals surface area contributed by atoms with Crippen LogP contribution < -0.4 is 5.32 Å². The fourth-order valence-corrected chi connectivity index (χ4v) is 4.37. The maximum Gasteiger partial charge on any atom is 0.304 e. The molecular formula is C19H19FN2O2. The maximum absolute atomic E-state index is 13.7. The van der Waals surface area contributed by atoms with E-state index in [0.717, 1.165) is 23.6 Å². The van der Waals surface area contributed by atoms with Crippen LogP contribution in [0.4, 0.5) is 21.5 Å². The molecule has 3 atom stereocenters. The van der Waals surface area contributed by atoms with E-state index < -0.39 is 16.4 Å². The summed E-state index contributed by atoms with van der Waals surface area (Å²) in [5.41, 5.74) is 2.25. The van der Waals surface area contributed by atoms with Gasteiger partial charge in [-0.25, -0.2) is 0 Å². The van der Waals surface area contributed by atoms with Crippen LogP contribution in [0.5, 0.6) is 0 Å². The fourth-order valence-electron chi connectivity index (χ4n) is 4.37. The Morgan fingerprint density at radius 1 is 1.04 bits per heavy atom. The van der Waals surface area contributed by atoms with E-state index in [1.165, 1.54) is 43.4 Å². The predicted molar refractivity (Wildman–Crippen MR) is 91.0 cm³/mol. The topological polar surface area (TPSA) is 55.2 Å². The molecule has 2 aliphatic rings. The number of nitrogens with one attached hydrogen (secondary N) is 1. The van der Waals surface area contributed by atoms with Crippen LogP contribution in [-0.2, 0) is 0 Å². The van der Waals surface area contributed by atoms with Gasteiger partial charge in [-0.15, -0.1) is 0 Å². The molecule has 2 bridgehead atoms. The molecule has 24 heavy (non-hydrogen) atoms. The van der Waals surface area contributed by atoms with Crippen molar-refractivity contribution >= 4 is 17.1 Å². The summed E-state index contributed by atoms with van der Waals surface area (Å²) in [5.74, 6) is 1.62. The Balaban J connectivity index is 1.47. The van der Waals surface area contributed by atoms with Crippen molar-refractivity contribution in [1.82, 2.24) is 0 Å². The van der Waals surface area contributed by atoms with Gasteiger partial charge >= 0.3 is 5.69 Å². The van der Waals surface area contributed by atoms with E-state index in [2.05, 4.69) is 17.4 Å². The molecule has 4 rings (SSSR count). The third kappa shape index (κ3) is 2.75. The lowest BCUT2D eigenvalue weighted by Crippen LogP contribution is -2.08. The van der Waals surface area contributed by atoms with Gasteiger partial charge in [-0.05, 0) is 60.8 Å². The van der Waals surface area contributed by atoms with Crippen molar-refractivity contribution in [2.75, 3.05) is 5.32 Å². The molecule has 0 spiro atoms. The molecule has 2 aromatic rings. The zero-order chi connectivity index (χ0) is 16.7. The summed E-state index contributed by atoms with van der Waals surface area (Å²) in [6.45, 7) is 0. The first-order valence-electron chi connectivity index (χ1n) is 8.41. The van der Waals surface area contributed by atoms with Crippen molar-refractivity contribution < 1.29 is 9.31 Å². The Hall–Kier alpha value is -2.43. The van der Waals surface area contributed by atoms with Crippen molar-refractivity contribution in [3.63, 3.8) is 0 Å². The van der Waals surface area contributed by atoms with Crippen LogP contribution in [0.25, 0.3) is 0 Å². The van der Waals surface area contributed by atoms with Crippen LogP contribution >= 0.6 is 0 Å². The minimum atomic E-state index is -0.830. The standard InChI is InChI=1S/C19H19FN2O2/c20-18-11-16(7-8-19(18)22(23)24)21-15-5-3-13(4-6-15)17-10-12-1-2-14(17)9-12/h3-8,11-12,14,17,21H,1-2,9-10H2. The van der Waals surface area contributed by atoms with Crippen molar-refractivity contribution in [3.8, 4) is 0 Å². The molecule has 5 heteroatoms. The zero-order valence-electron chi connectivity index (χ0n) is 13.2. The van der Waals surface area contributed by atoms with E-state index in [-0.39, 0.29) is 0 Å². The number of hydrogen-bond acceptors (Lipinski definition) is 3. The van der Waals surface area contributed by atoms with E-state index >= 15 is 0 Å². The van der Waals surface area contributed by atoms with Crippen LogP contribution in [0.15, 0.2) is 42.5 Å². The molecule has 124 valence electrons. The molecule has 4 nitrogen and oxygen atoms in total. The van der Waals surface area contributed by atoms with Gasteiger partial charge in [0.1, 0.15) is 0 Å². The van der Waals surface area contributed by atoms with Gasteiger partial charge < -0.3 is 5.32 Å². The fraction of sp³-hybridized carbons (Fsp3) is 0.368. The van der Waals surface area contributed by atoms with Crippen LogP contribution in [0.1, 0.15) is 37.2 Å². The van der Waals surface area contributed by atoms with Crippen molar-refractivity contribution in [2.45, 2.75) is 31.6 Å². The smallest absolute Gasteiger partial charge is 0.304 e. The summed E-state index contributed by atoms with van der Waals surface area (Å²) in [6, 6.07) is 12.2. The second-order valence-corrected chi connectivity index (χ2v) is 6.95. The van der Waals surface area contributed by atoms with E-state index in [4.69, 9.17) is 0 Å². The van der Waals surface area contributed by atoms with E-state index in [9.17, 15) is 14.5 Å². The summed E-state index contributed by atoms with van der Waals surface area (Å²) in [5, 5.41) is 13.8. The van der Waals surface area contributed by atoms with Gasteiger partial charge in [0, 0.05) is 23.5 Å². The summed E-state index contributed by atoms with van der Waals surface area (Å²) >= 11 is 0. The van der Waals surface area contributed by atoms with Gasteiger partial charge in [-0.2, -0.15) is 4.39 Å². The number of hydrogen-bond donors (Lipinski definition) is 1. The Kier molecular flexibility index (Phi) is 3.71. The number of fused-ring (bicyclic) bond motifs is 2. The first-order chi connectivity index (χ1) is 11.6. The highest BCUT2D eigenvalue weighted by Gasteiger charge is 2.39. The summed E-state index contributed by atoms with van der Waals surface area (Å²) in [7, 11) is 0. The van der Waals surface area contributed by atoms with Gasteiger partial charge in [-0.1, -0.05) is 18.6 Å². The number of rotatable bonds is 4. The summed E-state index contributed by atoms with van der Waals surface area (Å²) < 4.78 is 13.7. The Bertz CT molecular complexity index is 775. The number of anilines is 2. The van der Waals surface area contributed by atoms with Gasteiger partial charge in [0.05, 0.1) is 4.92 Å². The number of nitro benzene ring substituents is 1. The molecule has 2 saturated carbocycles. The molecule has 0 radical (unpaired) electrons. The van der Waals surface area contributed by atoms with Crippen LogP contribution in [-0.4, -0.2) is 4.92 Å². The van der Waals surface area contributed by atoms with Crippen LogP contribution in [0.3, 0.4) is 0 Å². The number of halogens is 1. The van der Waals surface area contributed by atoms with Gasteiger partial charge in [0.2, 0.25) is 5.82 Å². The van der Waals surface area contributed by atoms with Gasteiger partial charge in [0.25, 0.3) is 0 Å². The second-order valence-electron chi connectivity index (χ2n) is 6.95. The highest BCUT2D eigenvalue weighted by molar-refractivity contribution is 5.61. The third-order valence-electron chi connectivity index (χ3n) is 5.51. The largest absolute Gasteiger partial charge is 0.355 e. The molecule has 2 fully saturated rings. The highest BCUT2D eigenvalue weighted by Crippen LogP contribution is 2.52. The van der Waals surface area contributed by atoms with Crippen molar-refractivity contribution in [2.24, 2.45) is 11.8 Å². The quantitative estimate of drug-likeness (QED) is 0.606. The lowest BCUT2D eigenvalue weighted by molar-refractivity contribution is -0.387. The normalized spacial score (nSPS) is 25.0. The van der Waals surface area contributed by atoms with Crippen molar-refractivity contribution in [1.29, 1.82) is 0 Å². The first kappa shape index (κ1) is 15.1. The Labute approximate surface area is 139 Å². The summed E-state index contributed by atoms with van der Waals surface area (Å²) in [6.07, 6.45) is 5.45. The maximum atomic E-state index is 13.7. The molecule has 0 aliphatic heterocycles. The SMILES string of the molecule is O=[N+]([O-])c1ccc(Nc2ccc(C3CC4CCC3C4)cc2)cc1F. The Morgan fingerprint density at radius 2 is 1.79 bits per heavy atom. The molecule has 2 aliphatic carbocycles. The van der Waals surface area contributed by atoms with Crippen molar-refractivity contribution in [3.05, 3.63) is 64.0 Å². The molecule has 0 amide bonds. The number of nitrogens with zero attached hydrogens (tertiary/aromatic N) is 1. The third-order valence-corrected chi connectivity index (χ3v) is 5.51. The molecule has 0 aromatic heterocycles. The molecule has 0 saturated heterocycles. The van der Waals surface area contributed by atoms with Crippen LogP contribution in [0, 0.1) is 27.8 Å². The van der Waals surface area contributed by atoms with Crippen LogP contribution in [0.2, 0.25) is 0 Å². The molecular weight excluding hydrogens is 307 g/mol. The average molecular weight is 326 g/mol. The molecule has 0 heterocycles. The predicted octanol–water partition coefficient (Wildman–Crippen LogP) is 5.38. The number of nitro groups is 1. The first-order valence-corrected chi connectivity index (χ1v) is 8.41. The highest BCUT2D eigenvalue weighted by atomic mass is 19.1. The molecule has 1 N–H and O–H groups in total. The minimum Gasteiger partial charge on any atom is -0.355 e. The lowest BCUT2D eigenvalue weighted by Gasteiger charge is -2.22. The summed E-state index contributed by atoms with van der Waals surface area (Å²) in [4.78, 5) is 9.94. The number of benzene rings is 2. The van der Waals surface area contributed by atoms with E-state index in [1.54, 1.807) is 0 Å². The van der Waals surface area contributed by atoms with E-state index in [1.807, 2.05) is 12.1 Å². The van der Waals surface area contributed by atoms with Gasteiger partial charge in [-0.3, -0.25) is 10.1 Å². The molecule has 3 unspecified atom stereocenters. The minimum absolute atomic E-state index is 0.505. The second kappa shape index (κ2) is 5.89. The average Bonchev–Trinajstić information content (AvgIpc) is 3.18. The van der Waals surface area contributed by atoms with E-state index in [0.29, 0.717) is 11.6 Å². The Morgan fingerprint density at radius 3 is 2.38 bits per heavy atom. The zero-order valence-corrected chi connectivity index (χ0v) is 13.2. The molecule has 2 aromatic carbocycles. The lowest BCUT2D eigenvalue weighted by atomic mass is 9.83. The monoisotopic (exact) mass is 326 g/mol. The van der Waals surface area contributed by atoms with Gasteiger partial charge in [0.15, 0.2) is 0 Å².